The summed E-state index contributed by atoms with van der Waals surface area (Å²) in [5, 5.41) is 4.84. The molecule has 2 aliphatic carbocycles. The molecule has 230 valence electrons. The third kappa shape index (κ3) is 4.68. The van der Waals surface area contributed by atoms with Gasteiger partial charge in [-0.15, -0.1) is 0 Å². The van der Waals surface area contributed by atoms with E-state index in [1.807, 2.05) is 77.3 Å². The third-order valence-electron chi connectivity index (χ3n) is 9.35. The van der Waals surface area contributed by atoms with Crippen molar-refractivity contribution < 1.29 is 0 Å². The Balaban J connectivity index is 1.39. The van der Waals surface area contributed by atoms with E-state index >= 15 is 0 Å². The number of hydrogen-bond acceptors (Lipinski definition) is 8. The van der Waals surface area contributed by atoms with Crippen LogP contribution in [-0.4, -0.2) is 39.9 Å². The molecule has 0 radical (unpaired) electrons. The first-order valence-corrected chi connectivity index (χ1v) is 16.0. The molecule has 0 saturated carbocycles. The number of hydrogen-bond donors (Lipinski definition) is 0. The minimum absolute atomic E-state index is 0.724. The monoisotopic (exact) mass is 622 g/mol. The Morgan fingerprint density at radius 1 is 0.438 bits per heavy atom. The minimum Gasteiger partial charge on any atom is -0.258 e. The molecule has 0 N–H and O–H groups in total. The van der Waals surface area contributed by atoms with Crippen LogP contribution in [0.2, 0.25) is 0 Å². The largest absolute Gasteiger partial charge is 0.258 e. The fourth-order valence-electron chi connectivity index (χ4n) is 7.01. The zero-order chi connectivity index (χ0) is 32.5. The molecule has 48 heavy (non-hydrogen) atoms. The van der Waals surface area contributed by atoms with Crippen LogP contribution in [0.1, 0.15) is 56.4 Å². The fourth-order valence-corrected chi connectivity index (χ4v) is 7.01. The maximum absolute atomic E-state index is 4.80. The lowest BCUT2D eigenvalue weighted by Gasteiger charge is -2.27. The van der Waals surface area contributed by atoms with Crippen molar-refractivity contribution in [2.45, 2.75) is 40.5 Å². The Labute approximate surface area is 277 Å². The number of fused-ring (bicyclic) bond motifs is 2. The minimum atomic E-state index is 0.724. The van der Waals surface area contributed by atoms with E-state index in [1.54, 1.807) is 0 Å². The van der Waals surface area contributed by atoms with Crippen molar-refractivity contribution in [2.75, 3.05) is 0 Å². The van der Waals surface area contributed by atoms with E-state index in [1.165, 1.54) is 38.2 Å². The van der Waals surface area contributed by atoms with Gasteiger partial charge in [-0.3, -0.25) is 39.9 Å². The average Bonchev–Trinajstić information content (AvgIpc) is 3.10. The Hall–Kier alpha value is -6.02. The van der Waals surface area contributed by atoms with E-state index in [0.717, 1.165) is 86.2 Å². The lowest BCUT2D eigenvalue weighted by atomic mass is 9.76. The summed E-state index contributed by atoms with van der Waals surface area (Å²) in [7, 11) is 0. The molecule has 3 aromatic carbocycles. The van der Waals surface area contributed by atoms with Gasteiger partial charge in [0.25, 0.3) is 0 Å². The molecule has 0 bridgehead atoms. The quantitative estimate of drug-likeness (QED) is 0.183. The highest BCUT2D eigenvalue weighted by atomic mass is 14.8. The summed E-state index contributed by atoms with van der Waals surface area (Å²) in [6.07, 6.45) is 20.9. The molecule has 0 aliphatic heterocycles. The van der Waals surface area contributed by atoms with Crippen molar-refractivity contribution >= 4 is 44.8 Å². The summed E-state index contributed by atoms with van der Waals surface area (Å²) in [5.41, 5.74) is 16.2. The van der Waals surface area contributed by atoms with Crippen LogP contribution in [-0.2, 0) is 12.8 Å². The second kappa shape index (κ2) is 10.8. The van der Waals surface area contributed by atoms with Gasteiger partial charge in [-0.2, -0.15) is 0 Å². The van der Waals surface area contributed by atoms with Crippen molar-refractivity contribution in [3.63, 3.8) is 0 Å². The van der Waals surface area contributed by atoms with Crippen LogP contribution >= 0.6 is 0 Å². The van der Waals surface area contributed by atoms with Gasteiger partial charge in [0.05, 0.1) is 70.3 Å². The van der Waals surface area contributed by atoms with Crippen molar-refractivity contribution in [3.05, 3.63) is 130 Å². The first-order chi connectivity index (χ1) is 23.4. The Morgan fingerprint density at radius 2 is 0.917 bits per heavy atom. The number of aryl methyl sites for hydroxylation is 4. The summed E-state index contributed by atoms with van der Waals surface area (Å²) < 4.78 is 0. The van der Waals surface area contributed by atoms with Gasteiger partial charge >= 0.3 is 0 Å². The predicted octanol–water partition coefficient (Wildman–Crippen LogP) is 7.91. The second-order valence-corrected chi connectivity index (χ2v) is 12.8. The maximum atomic E-state index is 4.80. The van der Waals surface area contributed by atoms with E-state index in [4.69, 9.17) is 19.9 Å². The molecule has 0 atom stereocenters. The molecule has 8 heteroatoms. The van der Waals surface area contributed by atoms with Gasteiger partial charge in [0.15, 0.2) is 0 Å². The van der Waals surface area contributed by atoms with Gasteiger partial charge in [-0.25, -0.2) is 0 Å². The standard InChI is InChI=1S/C40H30N8/c1-21-13-45-35(17-41-21)25-5-29-6-26(36-18-42-22(2)14-46-36)11-33-34-12-28(38-20-44-24(4)16-48-38)8-30-7-27(37-19-43-23(3)15-47-37)10-32(40(30)34)31(9-25)39(29)33/h5-7,9-10,12-20H,8,11H2,1-4H3. The molecule has 7 aromatic rings. The molecular weight excluding hydrogens is 592 g/mol. The topological polar surface area (TPSA) is 103 Å². The molecule has 4 heterocycles. The van der Waals surface area contributed by atoms with Crippen LogP contribution in [0.15, 0.2) is 73.8 Å². The number of rotatable bonds is 4. The molecule has 0 fully saturated rings. The lowest BCUT2D eigenvalue weighted by molar-refractivity contribution is 1.08. The van der Waals surface area contributed by atoms with Gasteiger partial charge in [0.1, 0.15) is 0 Å². The summed E-state index contributed by atoms with van der Waals surface area (Å²) in [6, 6.07) is 9.08. The summed E-state index contributed by atoms with van der Waals surface area (Å²) in [4.78, 5) is 37.5. The van der Waals surface area contributed by atoms with Gasteiger partial charge in [-0.05, 0) is 119 Å². The number of allylic oxidation sites excluding steroid dienone is 2. The van der Waals surface area contributed by atoms with E-state index in [9.17, 15) is 0 Å². The van der Waals surface area contributed by atoms with E-state index in [2.05, 4.69) is 56.4 Å². The smallest absolute Gasteiger partial charge is 0.0885 e. The summed E-state index contributed by atoms with van der Waals surface area (Å²) in [5.74, 6) is 0. The van der Waals surface area contributed by atoms with Crippen LogP contribution in [0, 0.1) is 27.7 Å². The summed E-state index contributed by atoms with van der Waals surface area (Å²) in [6.45, 7) is 7.85. The lowest BCUT2D eigenvalue weighted by Crippen LogP contribution is -2.09. The Kier molecular flexibility index (Phi) is 6.33. The molecule has 0 spiro atoms. The number of nitrogens with zero attached hydrogens (tertiary/aromatic N) is 8. The highest BCUT2D eigenvalue weighted by molar-refractivity contribution is 6.21. The maximum Gasteiger partial charge on any atom is 0.0885 e. The SMILES string of the molecule is Cc1cnc(C2=Cc3c4c5c(cc(-c6cnc(C)cn6)cc5c5cc(-c6cnc(C)cn6)cc(c35)C2)C=C(c2cnc(C)cn2)C4)cn1. The molecular formula is C40H30N8. The van der Waals surface area contributed by atoms with E-state index < -0.39 is 0 Å². The van der Waals surface area contributed by atoms with Gasteiger partial charge in [0.2, 0.25) is 0 Å². The van der Waals surface area contributed by atoms with Crippen molar-refractivity contribution in [1.82, 2.24) is 39.9 Å². The molecule has 0 saturated heterocycles. The van der Waals surface area contributed by atoms with Gasteiger partial charge in [-0.1, -0.05) is 0 Å². The van der Waals surface area contributed by atoms with E-state index in [0.29, 0.717) is 0 Å². The van der Waals surface area contributed by atoms with Gasteiger partial charge in [0, 0.05) is 48.8 Å². The highest BCUT2D eigenvalue weighted by Crippen LogP contribution is 2.48. The Bertz CT molecular complexity index is 2490. The number of benzene rings is 3. The molecule has 0 amide bonds. The van der Waals surface area contributed by atoms with Crippen LogP contribution in [0.5, 0.6) is 0 Å². The first kappa shape index (κ1) is 28.2. The van der Waals surface area contributed by atoms with Gasteiger partial charge < -0.3 is 0 Å². The Morgan fingerprint density at radius 3 is 1.44 bits per heavy atom. The fraction of sp³-hybridized carbons (Fsp3) is 0.150. The normalized spacial score (nSPS) is 13.5. The average molecular weight is 623 g/mol. The zero-order valence-electron chi connectivity index (χ0n) is 27.1. The van der Waals surface area contributed by atoms with Crippen LogP contribution in [0.25, 0.3) is 67.4 Å². The summed E-state index contributed by atoms with van der Waals surface area (Å²) >= 11 is 0. The number of aromatic nitrogens is 8. The van der Waals surface area contributed by atoms with Crippen molar-refractivity contribution in [2.24, 2.45) is 0 Å². The van der Waals surface area contributed by atoms with Crippen molar-refractivity contribution in [3.8, 4) is 22.5 Å². The van der Waals surface area contributed by atoms with Crippen LogP contribution in [0.4, 0.5) is 0 Å². The molecule has 8 nitrogen and oxygen atoms in total. The van der Waals surface area contributed by atoms with Crippen molar-refractivity contribution in [1.29, 1.82) is 0 Å². The van der Waals surface area contributed by atoms with Crippen LogP contribution in [0.3, 0.4) is 0 Å². The molecule has 0 unspecified atom stereocenters. The predicted molar refractivity (Wildman–Crippen MR) is 190 cm³/mol. The van der Waals surface area contributed by atoms with Crippen LogP contribution < -0.4 is 0 Å². The zero-order valence-corrected chi connectivity index (χ0v) is 27.1. The highest BCUT2D eigenvalue weighted by Gasteiger charge is 2.27. The first-order valence-electron chi connectivity index (χ1n) is 16.0. The third-order valence-corrected chi connectivity index (χ3v) is 9.35. The molecule has 2 aliphatic rings. The van der Waals surface area contributed by atoms with E-state index in [-0.39, 0.29) is 0 Å². The molecule has 4 aromatic heterocycles. The second-order valence-electron chi connectivity index (χ2n) is 12.8. The molecule has 9 rings (SSSR count).